The number of aromatic amines is 1. The molecule has 0 aromatic carbocycles. The molecule has 0 radical (unpaired) electrons. The van der Waals surface area contributed by atoms with E-state index in [1.165, 1.54) is 4.52 Å². The maximum absolute atomic E-state index is 13.3. The smallest absolute Gasteiger partial charge is 0.378 e. The van der Waals surface area contributed by atoms with Crippen molar-refractivity contribution in [1.82, 2.24) is 14.9 Å². The maximum Gasteiger partial charge on any atom is 0.378 e. The van der Waals surface area contributed by atoms with E-state index >= 15 is 0 Å². The lowest BCUT2D eigenvalue weighted by molar-refractivity contribution is -0.688. The first kappa shape index (κ1) is 22.0. The van der Waals surface area contributed by atoms with Crippen LogP contribution in [-0.2, 0) is 16.0 Å². The molecule has 5 N–H and O–H groups in total. The monoisotopic (exact) mass is 458 g/mol. The number of fused-ring (bicyclic) bond motifs is 1. The zero-order chi connectivity index (χ0) is 22.9. The minimum Gasteiger partial charge on any atom is -0.477 e. The first-order valence-electron chi connectivity index (χ1n) is 11.9. The molecule has 1 aliphatic carbocycles. The van der Waals surface area contributed by atoms with Crippen LogP contribution in [0.1, 0.15) is 54.4 Å². The molecule has 0 atom stereocenters. The van der Waals surface area contributed by atoms with Crippen molar-refractivity contribution in [3.63, 3.8) is 0 Å². The second-order valence-corrected chi connectivity index (χ2v) is 9.32. The molecule has 3 aliphatic rings. The second-order valence-electron chi connectivity index (χ2n) is 9.32. The van der Waals surface area contributed by atoms with Gasteiger partial charge in [-0.25, -0.2) is 9.89 Å². The molecule has 1 amide bonds. The maximum atomic E-state index is 13.3. The summed E-state index contributed by atoms with van der Waals surface area (Å²) in [4.78, 5) is 26.2. The zero-order valence-electron chi connectivity index (χ0n) is 18.7. The Bertz CT molecular complexity index is 1120. The van der Waals surface area contributed by atoms with Crippen LogP contribution in [0.5, 0.6) is 5.88 Å². The number of carbonyl (C=O) groups is 1. The lowest BCUT2D eigenvalue weighted by Crippen LogP contribution is -2.47. The molecule has 0 unspecified atom stereocenters. The van der Waals surface area contributed by atoms with Crippen molar-refractivity contribution in [3.8, 4) is 5.88 Å². The Morgan fingerprint density at radius 1 is 1.15 bits per heavy atom. The Hall–Kier alpha value is -2.85. The largest absolute Gasteiger partial charge is 0.477 e. The van der Waals surface area contributed by atoms with Crippen LogP contribution >= 0.6 is 0 Å². The summed E-state index contributed by atoms with van der Waals surface area (Å²) in [7, 11) is 0. The summed E-state index contributed by atoms with van der Waals surface area (Å²) < 4.78 is 13.9. The number of nitrogen functional groups attached to an aromatic ring is 1. The number of rotatable bonds is 6. The Balaban J connectivity index is 1.61. The molecule has 2 saturated heterocycles. The van der Waals surface area contributed by atoms with Crippen molar-refractivity contribution in [2.24, 2.45) is 11.8 Å². The zero-order valence-corrected chi connectivity index (χ0v) is 18.7. The molecule has 4 heterocycles. The fourth-order valence-corrected chi connectivity index (χ4v) is 4.68. The molecule has 2 aromatic rings. The van der Waals surface area contributed by atoms with Gasteiger partial charge in [-0.05, 0) is 50.5 Å². The number of H-pyrrole nitrogens is 1. The fraction of sp³-hybridized carbons (Fsp3) is 0.609. The van der Waals surface area contributed by atoms with E-state index in [0.29, 0.717) is 42.7 Å². The minimum absolute atomic E-state index is 0.0626. The third-order valence-corrected chi connectivity index (χ3v) is 6.85. The van der Waals surface area contributed by atoms with E-state index in [9.17, 15) is 14.7 Å². The SMILES string of the molecule is Nc1[nH]n2c(=O)c(C(=O)NC3CC3)c(O)[n+](CC3CCOCC3)c2c1/C=C/C1CCOCC1. The normalized spacial score (nSPS) is 20.6. The van der Waals surface area contributed by atoms with Gasteiger partial charge in [-0.1, -0.05) is 10.6 Å². The van der Waals surface area contributed by atoms with Gasteiger partial charge < -0.3 is 25.6 Å². The van der Waals surface area contributed by atoms with Crippen molar-refractivity contribution in [2.45, 2.75) is 51.1 Å². The number of nitrogens with one attached hydrogen (secondary N) is 2. The van der Waals surface area contributed by atoms with E-state index < -0.39 is 11.5 Å². The third kappa shape index (κ3) is 4.49. The highest BCUT2D eigenvalue weighted by Gasteiger charge is 2.36. The summed E-state index contributed by atoms with van der Waals surface area (Å²) in [5.74, 6) is 0.0574. The lowest BCUT2D eigenvalue weighted by Gasteiger charge is -2.21. The molecule has 1 saturated carbocycles. The number of anilines is 1. The van der Waals surface area contributed by atoms with Gasteiger partial charge in [-0.15, -0.1) is 0 Å². The lowest BCUT2D eigenvalue weighted by atomic mass is 9.99. The number of nitrogens with zero attached hydrogens (tertiary/aromatic N) is 2. The molecule has 5 rings (SSSR count). The Kier molecular flexibility index (Phi) is 6.11. The fourth-order valence-electron chi connectivity index (χ4n) is 4.68. The van der Waals surface area contributed by atoms with Crippen molar-refractivity contribution >= 4 is 23.4 Å². The summed E-state index contributed by atoms with van der Waals surface area (Å²) in [6, 6.07) is 0.0626. The van der Waals surface area contributed by atoms with E-state index in [2.05, 4.69) is 16.5 Å². The van der Waals surface area contributed by atoms with E-state index in [4.69, 9.17) is 15.2 Å². The third-order valence-electron chi connectivity index (χ3n) is 6.85. The molecule has 0 bridgehead atoms. The standard InChI is InChI=1S/C23H31N5O5/c24-19-17(4-1-14-5-9-32-10-6-14)21-27(13-15-7-11-33-12-8-15)22(30)18(23(31)28(21)26-19)20(29)25-16-2-3-16/h1,4,14-16H,2-3,5-13H2,(H4,24,25,26,29,30,31)/p+1/b4-1+. The van der Waals surface area contributed by atoms with Crippen molar-refractivity contribution in [2.75, 3.05) is 32.2 Å². The minimum atomic E-state index is -0.610. The molecule has 10 heteroatoms. The number of nitrogens with two attached hydrogens (primary N) is 1. The number of hydrogen-bond donors (Lipinski definition) is 4. The average molecular weight is 459 g/mol. The predicted molar refractivity (Wildman–Crippen MR) is 121 cm³/mol. The van der Waals surface area contributed by atoms with E-state index in [0.717, 1.165) is 51.7 Å². The molecule has 2 aromatic heterocycles. The molecule has 33 heavy (non-hydrogen) atoms. The molecule has 10 nitrogen and oxygen atoms in total. The number of aromatic hydroxyl groups is 1. The van der Waals surface area contributed by atoms with Gasteiger partial charge in [-0.3, -0.25) is 4.79 Å². The van der Waals surface area contributed by atoms with Crippen molar-refractivity contribution in [3.05, 3.63) is 27.6 Å². The topological polar surface area (TPSA) is 135 Å². The second kappa shape index (κ2) is 9.18. The highest BCUT2D eigenvalue weighted by Crippen LogP contribution is 2.25. The van der Waals surface area contributed by atoms with Gasteiger partial charge in [0.15, 0.2) is 5.82 Å². The quantitative estimate of drug-likeness (QED) is 0.476. The van der Waals surface area contributed by atoms with E-state index in [1.807, 2.05) is 6.08 Å². The van der Waals surface area contributed by atoms with Gasteiger partial charge in [0.2, 0.25) is 5.56 Å². The van der Waals surface area contributed by atoms with Gasteiger partial charge >= 0.3 is 17.1 Å². The summed E-state index contributed by atoms with van der Waals surface area (Å²) in [6.45, 7) is 3.22. The Labute approximate surface area is 191 Å². The molecule has 178 valence electrons. The van der Waals surface area contributed by atoms with Gasteiger partial charge in [-0.2, -0.15) is 4.57 Å². The van der Waals surface area contributed by atoms with Crippen LogP contribution in [0.2, 0.25) is 0 Å². The Morgan fingerprint density at radius 2 is 1.82 bits per heavy atom. The van der Waals surface area contributed by atoms with Crippen LogP contribution in [0, 0.1) is 11.8 Å². The number of allylic oxidation sites excluding steroid dienone is 1. The van der Waals surface area contributed by atoms with Gasteiger partial charge in [0.25, 0.3) is 5.91 Å². The van der Waals surface area contributed by atoms with Crippen LogP contribution in [0.4, 0.5) is 5.82 Å². The first-order valence-corrected chi connectivity index (χ1v) is 11.9. The number of amides is 1. The van der Waals surface area contributed by atoms with Crippen LogP contribution in [0.25, 0.3) is 11.7 Å². The summed E-state index contributed by atoms with van der Waals surface area (Å²) in [6.07, 6.45) is 9.32. The van der Waals surface area contributed by atoms with E-state index in [-0.39, 0.29) is 23.4 Å². The highest BCUT2D eigenvalue weighted by molar-refractivity contribution is 5.96. The highest BCUT2D eigenvalue weighted by atomic mass is 16.5. The van der Waals surface area contributed by atoms with Gasteiger partial charge in [0, 0.05) is 38.4 Å². The molecular formula is C23H32N5O5+. The van der Waals surface area contributed by atoms with Crippen LogP contribution in [-0.4, -0.2) is 53.1 Å². The number of aromatic nitrogens is 3. The van der Waals surface area contributed by atoms with Gasteiger partial charge in [0.1, 0.15) is 5.56 Å². The van der Waals surface area contributed by atoms with Crippen LogP contribution in [0.15, 0.2) is 10.9 Å². The van der Waals surface area contributed by atoms with Crippen LogP contribution in [0.3, 0.4) is 0 Å². The van der Waals surface area contributed by atoms with Gasteiger partial charge in [0.05, 0.1) is 6.54 Å². The number of carbonyl (C=O) groups excluding carboxylic acids is 1. The molecule has 3 fully saturated rings. The van der Waals surface area contributed by atoms with Crippen molar-refractivity contribution in [1.29, 1.82) is 0 Å². The predicted octanol–water partition coefficient (Wildman–Crippen LogP) is 0.961. The molecular weight excluding hydrogens is 426 g/mol. The Morgan fingerprint density at radius 3 is 2.48 bits per heavy atom. The summed E-state index contributed by atoms with van der Waals surface area (Å²) in [5, 5.41) is 17.0. The summed E-state index contributed by atoms with van der Waals surface area (Å²) >= 11 is 0. The molecule has 0 spiro atoms. The van der Waals surface area contributed by atoms with Crippen molar-refractivity contribution < 1.29 is 23.9 Å². The first-order chi connectivity index (χ1) is 16.0. The molecule has 2 aliphatic heterocycles. The number of ether oxygens (including phenoxy) is 2. The average Bonchev–Trinajstić information content (AvgIpc) is 3.57. The number of hydrogen-bond acceptors (Lipinski definition) is 6. The van der Waals surface area contributed by atoms with Crippen LogP contribution < -0.4 is 21.2 Å². The van der Waals surface area contributed by atoms with E-state index in [1.54, 1.807) is 4.57 Å². The summed E-state index contributed by atoms with van der Waals surface area (Å²) in [5.41, 5.74) is 6.53.